The molecule has 1 atom stereocenters. The van der Waals surface area contributed by atoms with Gasteiger partial charge in [-0.25, -0.2) is 13.2 Å². The quantitative estimate of drug-likeness (QED) is 0.651. The van der Waals surface area contributed by atoms with Crippen LogP contribution in [0, 0.1) is 0 Å². The fourth-order valence-electron chi connectivity index (χ4n) is 1.11. The molecule has 0 aliphatic carbocycles. The number of hydrogen-bond acceptors (Lipinski definition) is 5. The van der Waals surface area contributed by atoms with E-state index in [-0.39, 0.29) is 10.6 Å². The van der Waals surface area contributed by atoms with Crippen LogP contribution < -0.4 is 0 Å². The van der Waals surface area contributed by atoms with Gasteiger partial charge < -0.3 is 4.74 Å². The van der Waals surface area contributed by atoms with Gasteiger partial charge in [0.1, 0.15) is 0 Å². The van der Waals surface area contributed by atoms with E-state index in [2.05, 4.69) is 8.92 Å². The highest BCUT2D eigenvalue weighted by Crippen LogP contribution is 2.26. The molecule has 0 amide bonds. The van der Waals surface area contributed by atoms with Crippen molar-refractivity contribution in [3.8, 4) is 0 Å². The number of rotatable bonds is 4. The maximum absolute atomic E-state index is 11.3. The van der Waals surface area contributed by atoms with Crippen molar-refractivity contribution in [2.24, 2.45) is 0 Å². The zero-order valence-electron chi connectivity index (χ0n) is 8.25. The first-order valence-electron chi connectivity index (χ1n) is 4.19. The molecule has 0 heterocycles. The van der Waals surface area contributed by atoms with E-state index in [1.54, 1.807) is 12.1 Å². The number of hydrogen-bond donors (Lipinski definition) is 1. The van der Waals surface area contributed by atoms with Crippen molar-refractivity contribution in [2.45, 2.75) is 6.10 Å². The number of thiol groups is 1. The van der Waals surface area contributed by atoms with E-state index in [1.807, 2.05) is 0 Å². The average Bonchev–Trinajstić information content (AvgIpc) is 2.26. The third-order valence-electron chi connectivity index (χ3n) is 1.79. The number of esters is 1. The maximum Gasteiger partial charge on any atom is 0.341 e. The minimum Gasteiger partial charge on any atom is -0.467 e. The van der Waals surface area contributed by atoms with Crippen molar-refractivity contribution in [3.63, 3.8) is 0 Å². The van der Waals surface area contributed by atoms with Crippen molar-refractivity contribution in [1.82, 2.24) is 0 Å². The van der Waals surface area contributed by atoms with E-state index in [0.29, 0.717) is 0 Å². The second kappa shape index (κ2) is 5.83. The van der Waals surface area contributed by atoms with E-state index in [0.717, 1.165) is 7.11 Å². The monoisotopic (exact) mass is 264 g/mol. The van der Waals surface area contributed by atoms with Crippen molar-refractivity contribution < 1.29 is 22.1 Å². The van der Waals surface area contributed by atoms with Crippen LogP contribution in [0.2, 0.25) is 5.02 Å². The molecule has 0 aliphatic heterocycles. The van der Waals surface area contributed by atoms with E-state index in [4.69, 9.17) is 11.6 Å². The molecule has 0 aromatic heterocycles. The maximum atomic E-state index is 11.3. The molecular weight excluding hydrogens is 256 g/mol. The standard InChI is InChI=1S/C9H9ClO5S/c1-14-9(11)8(15-16(12)13)6-4-2-3-5-7(6)10/h2-5,8,16H,1H3/t8-/m1/s1. The Morgan fingerprint density at radius 2 is 2.00 bits per heavy atom. The van der Waals surface area contributed by atoms with E-state index in [9.17, 15) is 13.2 Å². The molecule has 0 bridgehead atoms. The Hall–Kier alpha value is -1.11. The van der Waals surface area contributed by atoms with Crippen LogP contribution in [0.15, 0.2) is 24.3 Å². The van der Waals surface area contributed by atoms with Gasteiger partial charge in [-0.3, -0.25) is 4.18 Å². The van der Waals surface area contributed by atoms with Gasteiger partial charge in [0.05, 0.1) is 7.11 Å². The first kappa shape index (κ1) is 13.0. The number of ether oxygens (including phenoxy) is 1. The Labute approximate surface area is 99.1 Å². The summed E-state index contributed by atoms with van der Waals surface area (Å²) in [6.07, 6.45) is -1.36. The van der Waals surface area contributed by atoms with Crippen LogP contribution in [-0.2, 0) is 24.7 Å². The van der Waals surface area contributed by atoms with Crippen molar-refractivity contribution in [3.05, 3.63) is 34.9 Å². The van der Waals surface area contributed by atoms with Gasteiger partial charge in [0.2, 0.25) is 6.10 Å². The van der Waals surface area contributed by atoms with Crippen molar-refractivity contribution in [2.75, 3.05) is 7.11 Å². The van der Waals surface area contributed by atoms with Gasteiger partial charge in [0.15, 0.2) is 0 Å². The van der Waals surface area contributed by atoms with Crippen molar-refractivity contribution in [1.29, 1.82) is 0 Å². The summed E-state index contributed by atoms with van der Waals surface area (Å²) in [7, 11) is -2.04. The van der Waals surface area contributed by atoms with Crippen LogP contribution in [0.5, 0.6) is 0 Å². The second-order valence-corrected chi connectivity index (χ2v) is 3.82. The highest BCUT2D eigenvalue weighted by atomic mass is 35.5. The highest BCUT2D eigenvalue weighted by Gasteiger charge is 2.25. The summed E-state index contributed by atoms with van der Waals surface area (Å²) in [6.45, 7) is 0. The molecule has 5 nitrogen and oxygen atoms in total. The lowest BCUT2D eigenvalue weighted by Gasteiger charge is -2.12. The van der Waals surface area contributed by atoms with Gasteiger partial charge in [0.25, 0.3) is 11.0 Å². The Morgan fingerprint density at radius 1 is 1.38 bits per heavy atom. The minimum atomic E-state index is -3.17. The highest BCUT2D eigenvalue weighted by molar-refractivity contribution is 7.67. The molecule has 0 saturated heterocycles. The Bertz CT molecular complexity index is 449. The summed E-state index contributed by atoms with van der Waals surface area (Å²) in [5, 5.41) is 0.231. The molecule has 0 radical (unpaired) electrons. The Morgan fingerprint density at radius 3 is 2.50 bits per heavy atom. The summed E-state index contributed by atoms with van der Waals surface area (Å²) >= 11 is 5.82. The van der Waals surface area contributed by atoms with E-state index < -0.39 is 23.1 Å². The number of carbonyl (C=O) groups is 1. The Balaban J connectivity index is 3.10. The van der Waals surface area contributed by atoms with Crippen LogP contribution in [-0.4, -0.2) is 21.5 Å². The van der Waals surface area contributed by atoms with Gasteiger partial charge >= 0.3 is 5.97 Å². The van der Waals surface area contributed by atoms with E-state index in [1.165, 1.54) is 12.1 Å². The molecule has 88 valence electrons. The van der Waals surface area contributed by atoms with Gasteiger partial charge in [-0.1, -0.05) is 29.8 Å². The topological polar surface area (TPSA) is 69.7 Å². The molecule has 0 saturated carbocycles. The first-order valence-corrected chi connectivity index (χ1v) is 5.67. The molecular formula is C9H9ClO5S. The predicted molar refractivity (Wildman–Crippen MR) is 57.6 cm³/mol. The van der Waals surface area contributed by atoms with Gasteiger partial charge in [-0.15, -0.1) is 0 Å². The Kier molecular flexibility index (Phi) is 4.72. The summed E-state index contributed by atoms with van der Waals surface area (Å²) in [5.74, 6) is -0.827. The molecule has 1 aromatic carbocycles. The third-order valence-corrected chi connectivity index (χ3v) is 2.52. The fourth-order valence-corrected chi connectivity index (χ4v) is 1.71. The molecule has 7 heteroatoms. The largest absolute Gasteiger partial charge is 0.467 e. The SMILES string of the molecule is COC(=O)[C@H](O[SH](=O)=O)c1ccccc1Cl. The summed E-state index contributed by atoms with van der Waals surface area (Å²) in [5.41, 5.74) is 0.246. The summed E-state index contributed by atoms with van der Waals surface area (Å²) in [6, 6.07) is 6.27. The predicted octanol–water partition coefficient (Wildman–Crippen LogP) is 1.10. The number of halogens is 1. The average molecular weight is 265 g/mol. The normalized spacial score (nSPS) is 12.4. The summed E-state index contributed by atoms with van der Waals surface area (Å²) in [4.78, 5) is 11.3. The number of carbonyl (C=O) groups excluding carboxylic acids is 1. The lowest BCUT2D eigenvalue weighted by atomic mass is 10.1. The third kappa shape index (κ3) is 3.19. The second-order valence-electron chi connectivity index (χ2n) is 2.75. The molecule has 0 N–H and O–H groups in total. The molecule has 1 aromatic rings. The number of methoxy groups -OCH3 is 1. The lowest BCUT2D eigenvalue weighted by molar-refractivity contribution is -0.148. The molecule has 0 aliphatic rings. The molecule has 0 fully saturated rings. The number of benzene rings is 1. The van der Waals surface area contributed by atoms with Gasteiger partial charge in [-0.05, 0) is 6.07 Å². The van der Waals surface area contributed by atoms with Gasteiger partial charge in [-0.2, -0.15) is 0 Å². The molecule has 0 unspecified atom stereocenters. The van der Waals surface area contributed by atoms with Crippen molar-refractivity contribution >= 4 is 28.6 Å². The minimum absolute atomic E-state index is 0.231. The zero-order valence-corrected chi connectivity index (χ0v) is 9.90. The molecule has 0 spiro atoms. The van der Waals surface area contributed by atoms with Crippen LogP contribution in [0.25, 0.3) is 0 Å². The van der Waals surface area contributed by atoms with E-state index >= 15 is 0 Å². The van der Waals surface area contributed by atoms with Crippen LogP contribution in [0.3, 0.4) is 0 Å². The zero-order chi connectivity index (χ0) is 12.1. The van der Waals surface area contributed by atoms with Crippen LogP contribution in [0.4, 0.5) is 0 Å². The molecule has 16 heavy (non-hydrogen) atoms. The summed E-state index contributed by atoms with van der Waals surface area (Å²) < 4.78 is 29.9. The van der Waals surface area contributed by atoms with Gasteiger partial charge in [0, 0.05) is 10.6 Å². The van der Waals surface area contributed by atoms with Crippen LogP contribution in [0.1, 0.15) is 11.7 Å². The van der Waals surface area contributed by atoms with Crippen LogP contribution >= 0.6 is 11.6 Å². The smallest absolute Gasteiger partial charge is 0.341 e. The fraction of sp³-hybridized carbons (Fsp3) is 0.222. The lowest BCUT2D eigenvalue weighted by Crippen LogP contribution is -2.17. The first-order chi connectivity index (χ1) is 7.56. The molecule has 1 rings (SSSR count).